The van der Waals surface area contributed by atoms with Crippen molar-refractivity contribution >= 4 is 68.1 Å². The molecular weight excluding hydrogens is 633 g/mol. The van der Waals surface area contributed by atoms with Gasteiger partial charge in [0, 0.05) is 29.9 Å². The number of fused-ring (bicyclic) bond motifs is 3. The quantitative estimate of drug-likeness (QED) is 0.172. The zero-order valence-electron chi connectivity index (χ0n) is 27.8. The van der Waals surface area contributed by atoms with Crippen LogP contribution >= 0.6 is 0 Å². The van der Waals surface area contributed by atoms with Crippen molar-refractivity contribution in [1.29, 1.82) is 0 Å². The monoisotopic (exact) mass is 666 g/mol. The van der Waals surface area contributed by atoms with Gasteiger partial charge in [-0.1, -0.05) is 97.1 Å². The van der Waals surface area contributed by atoms with Gasteiger partial charge in [-0.05, 0) is 72.8 Å². The number of nitrogens with one attached hydrogen (secondary N) is 2. The first-order chi connectivity index (χ1) is 25.2. The van der Waals surface area contributed by atoms with Crippen molar-refractivity contribution in [3.63, 3.8) is 0 Å². The summed E-state index contributed by atoms with van der Waals surface area (Å²) in [6, 6.07) is 56.0. The van der Waals surface area contributed by atoms with Crippen LogP contribution in [0.15, 0.2) is 170 Å². The van der Waals surface area contributed by atoms with E-state index >= 15 is 0 Å². The SMILES string of the molecule is COC1N(c2ccccc2)c2nc3ccccc3nc2N1c1ccccc1.c1ccc(Nc2nc3ccccc3nc2Nc2ccccc2)cc1. The molecule has 0 unspecified atom stereocenters. The molecule has 1 aliphatic heterocycles. The van der Waals surface area contributed by atoms with Crippen molar-refractivity contribution in [3.8, 4) is 0 Å². The summed E-state index contributed by atoms with van der Waals surface area (Å²) in [4.78, 5) is 23.5. The number of nitrogens with zero attached hydrogens (tertiary/aromatic N) is 6. The van der Waals surface area contributed by atoms with Crippen molar-refractivity contribution in [3.05, 3.63) is 170 Å². The third-order valence-corrected chi connectivity index (χ3v) is 8.36. The second-order valence-electron chi connectivity index (χ2n) is 11.7. The maximum absolute atomic E-state index is 5.93. The second-order valence-corrected chi connectivity index (χ2v) is 11.7. The number of rotatable bonds is 7. The maximum atomic E-state index is 5.93. The molecule has 6 aromatic carbocycles. The zero-order valence-corrected chi connectivity index (χ0v) is 27.8. The minimum atomic E-state index is -0.374. The Kier molecular flexibility index (Phi) is 8.83. The fourth-order valence-electron chi connectivity index (χ4n) is 6.01. The molecule has 3 heterocycles. The molecule has 248 valence electrons. The average molecular weight is 667 g/mol. The number of ether oxygens (including phenoxy) is 1. The van der Waals surface area contributed by atoms with E-state index in [0.717, 1.165) is 56.5 Å². The Balaban J connectivity index is 0.000000148. The van der Waals surface area contributed by atoms with Crippen LogP contribution in [0.25, 0.3) is 22.1 Å². The van der Waals surface area contributed by atoms with E-state index in [9.17, 15) is 0 Å². The lowest BCUT2D eigenvalue weighted by atomic mass is 10.3. The first-order valence-corrected chi connectivity index (χ1v) is 16.6. The van der Waals surface area contributed by atoms with Gasteiger partial charge in [-0.25, -0.2) is 19.9 Å². The third kappa shape index (κ3) is 6.61. The molecule has 0 saturated heterocycles. The lowest BCUT2D eigenvalue weighted by Crippen LogP contribution is -2.40. The van der Waals surface area contributed by atoms with E-state index in [2.05, 4.69) is 44.7 Å². The molecule has 0 fully saturated rings. The zero-order chi connectivity index (χ0) is 34.4. The van der Waals surface area contributed by atoms with Crippen LogP contribution in [-0.4, -0.2) is 33.4 Å². The Morgan fingerprint density at radius 1 is 0.412 bits per heavy atom. The standard InChI is InChI=1S/C22H18N4O.C20H16N4/c1-27-22-25(16-10-4-2-5-11-16)20-21(26(22)17-12-6-3-7-13-17)24-19-15-9-8-14-18(19)23-20;1-3-9-15(10-4-1)21-19-20(22-16-11-5-2-6-12-16)24-18-14-8-7-13-17(18)23-19/h2-15,22H,1H3;1-14H,(H,21,23)(H,22,24). The minimum Gasteiger partial charge on any atom is -0.343 e. The molecule has 9 rings (SSSR count). The fraction of sp³-hybridized carbons (Fsp3) is 0.0476. The molecule has 51 heavy (non-hydrogen) atoms. The Labute approximate surface area is 295 Å². The number of aromatic nitrogens is 4. The molecule has 1 aliphatic rings. The molecule has 8 aromatic rings. The maximum Gasteiger partial charge on any atom is 0.221 e. The van der Waals surface area contributed by atoms with Crippen molar-refractivity contribution in [2.45, 2.75) is 6.35 Å². The van der Waals surface area contributed by atoms with Crippen LogP contribution in [0.2, 0.25) is 0 Å². The summed E-state index contributed by atoms with van der Waals surface area (Å²) in [6.45, 7) is 0. The average Bonchev–Trinajstić information content (AvgIpc) is 3.52. The highest BCUT2D eigenvalue weighted by molar-refractivity contribution is 5.89. The van der Waals surface area contributed by atoms with Gasteiger partial charge in [0.2, 0.25) is 6.35 Å². The summed E-state index contributed by atoms with van der Waals surface area (Å²) < 4.78 is 5.93. The molecule has 9 heteroatoms. The Morgan fingerprint density at radius 2 is 0.725 bits per heavy atom. The molecule has 0 spiro atoms. The molecule has 0 aliphatic carbocycles. The minimum absolute atomic E-state index is 0.374. The predicted molar refractivity (Wildman–Crippen MR) is 206 cm³/mol. The molecule has 9 nitrogen and oxygen atoms in total. The summed E-state index contributed by atoms with van der Waals surface area (Å²) >= 11 is 0. The lowest BCUT2D eigenvalue weighted by Gasteiger charge is -2.30. The lowest BCUT2D eigenvalue weighted by molar-refractivity contribution is 0.118. The van der Waals surface area contributed by atoms with E-state index in [4.69, 9.17) is 24.7 Å². The Morgan fingerprint density at radius 3 is 1.08 bits per heavy atom. The van der Waals surface area contributed by atoms with Gasteiger partial charge in [-0.2, -0.15) is 0 Å². The second kappa shape index (κ2) is 14.3. The topological polar surface area (TPSA) is 91.3 Å². The molecule has 0 saturated carbocycles. The van der Waals surface area contributed by atoms with Crippen LogP contribution in [0, 0.1) is 0 Å². The number of para-hydroxylation sites is 8. The van der Waals surface area contributed by atoms with Crippen molar-refractivity contribution in [2.24, 2.45) is 0 Å². The van der Waals surface area contributed by atoms with Crippen LogP contribution in [0.4, 0.5) is 46.0 Å². The molecule has 2 aromatic heterocycles. The van der Waals surface area contributed by atoms with Gasteiger partial charge in [0.1, 0.15) is 0 Å². The summed E-state index contributed by atoms with van der Waals surface area (Å²) in [5, 5.41) is 6.70. The van der Waals surface area contributed by atoms with Crippen LogP contribution in [0.5, 0.6) is 0 Å². The van der Waals surface area contributed by atoms with Gasteiger partial charge in [0.15, 0.2) is 23.3 Å². The van der Waals surface area contributed by atoms with E-state index < -0.39 is 0 Å². The van der Waals surface area contributed by atoms with Crippen molar-refractivity contribution in [1.82, 2.24) is 19.9 Å². The van der Waals surface area contributed by atoms with Gasteiger partial charge >= 0.3 is 0 Å². The van der Waals surface area contributed by atoms with E-state index in [0.29, 0.717) is 11.6 Å². The van der Waals surface area contributed by atoms with Gasteiger partial charge in [0.25, 0.3) is 0 Å². The van der Waals surface area contributed by atoms with Gasteiger partial charge in [0.05, 0.1) is 22.1 Å². The van der Waals surface area contributed by atoms with Gasteiger partial charge in [-0.3, -0.25) is 9.80 Å². The highest BCUT2D eigenvalue weighted by Crippen LogP contribution is 2.46. The molecule has 0 radical (unpaired) electrons. The van der Waals surface area contributed by atoms with Crippen LogP contribution in [-0.2, 0) is 4.74 Å². The Bertz CT molecular complexity index is 2210. The van der Waals surface area contributed by atoms with Gasteiger partial charge < -0.3 is 15.4 Å². The molecule has 0 bridgehead atoms. The fourth-order valence-corrected chi connectivity index (χ4v) is 6.01. The van der Waals surface area contributed by atoms with Crippen molar-refractivity contribution in [2.75, 3.05) is 27.5 Å². The smallest absolute Gasteiger partial charge is 0.221 e. The number of benzene rings is 6. The highest BCUT2D eigenvalue weighted by atomic mass is 16.5. The number of hydrogen-bond donors (Lipinski definition) is 2. The molecule has 0 atom stereocenters. The van der Waals surface area contributed by atoms with Crippen molar-refractivity contribution < 1.29 is 4.74 Å². The van der Waals surface area contributed by atoms with Crippen LogP contribution < -0.4 is 20.4 Å². The van der Waals surface area contributed by atoms with E-state index in [1.807, 2.05) is 146 Å². The summed E-state index contributed by atoms with van der Waals surface area (Å²) in [5.41, 5.74) is 7.39. The van der Waals surface area contributed by atoms with E-state index in [1.165, 1.54) is 0 Å². The number of methoxy groups -OCH3 is 1. The summed E-state index contributed by atoms with van der Waals surface area (Å²) in [7, 11) is 1.71. The molecule has 0 amide bonds. The first kappa shape index (κ1) is 31.4. The predicted octanol–water partition coefficient (Wildman–Crippen LogP) is 9.97. The number of anilines is 8. The largest absolute Gasteiger partial charge is 0.343 e. The van der Waals surface area contributed by atoms with Crippen LogP contribution in [0.1, 0.15) is 0 Å². The van der Waals surface area contributed by atoms with E-state index in [-0.39, 0.29) is 6.35 Å². The molecular formula is C42H34N8O. The first-order valence-electron chi connectivity index (χ1n) is 16.6. The number of hydrogen-bond acceptors (Lipinski definition) is 9. The summed E-state index contributed by atoms with van der Waals surface area (Å²) in [6.07, 6.45) is -0.374. The normalized spacial score (nSPS) is 12.3. The Hall–Kier alpha value is -6.84. The highest BCUT2D eigenvalue weighted by Gasteiger charge is 2.41. The van der Waals surface area contributed by atoms with Crippen LogP contribution in [0.3, 0.4) is 0 Å². The van der Waals surface area contributed by atoms with E-state index in [1.54, 1.807) is 7.11 Å². The third-order valence-electron chi connectivity index (χ3n) is 8.36. The molecule has 2 N–H and O–H groups in total. The summed E-state index contributed by atoms with van der Waals surface area (Å²) in [5.74, 6) is 2.97. The van der Waals surface area contributed by atoms with Gasteiger partial charge in [-0.15, -0.1) is 0 Å².